The fraction of sp³-hybridized carbons (Fsp3) is 0.533. The Balaban J connectivity index is 2.09. The Kier molecular flexibility index (Phi) is 5.17. The van der Waals surface area contributed by atoms with Gasteiger partial charge >= 0.3 is 5.97 Å². The van der Waals surface area contributed by atoms with Gasteiger partial charge in [-0.05, 0) is 44.6 Å². The monoisotopic (exact) mass is 294 g/mol. The number of carbonyl (C=O) groups is 1. The number of anilines is 2. The second-order valence-electron chi connectivity index (χ2n) is 5.00. The molecule has 2 atom stereocenters. The molecular formula is C15H22N2O2S. The minimum atomic E-state index is -0.359. The first kappa shape index (κ1) is 15.0. The highest BCUT2D eigenvalue weighted by Gasteiger charge is 2.24. The van der Waals surface area contributed by atoms with E-state index in [-0.39, 0.29) is 5.97 Å². The lowest BCUT2D eigenvalue weighted by Crippen LogP contribution is -2.18. The fourth-order valence-electron chi connectivity index (χ4n) is 2.58. The predicted molar refractivity (Wildman–Crippen MR) is 85.4 cm³/mol. The van der Waals surface area contributed by atoms with Gasteiger partial charge in [0.15, 0.2) is 0 Å². The molecule has 1 fully saturated rings. The van der Waals surface area contributed by atoms with Crippen LogP contribution in [0.2, 0.25) is 0 Å². The number of rotatable bonds is 5. The predicted octanol–water partition coefficient (Wildman–Crippen LogP) is 3.14. The molecule has 0 aromatic heterocycles. The lowest BCUT2D eigenvalue weighted by molar-refractivity contribution is 0.0527. The highest BCUT2D eigenvalue weighted by molar-refractivity contribution is 7.99. The number of carbonyl (C=O) groups excluding carboxylic acids is 1. The molecule has 2 rings (SSSR count). The lowest BCUT2D eigenvalue weighted by atomic mass is 10.1. The first-order chi connectivity index (χ1) is 9.65. The van der Waals surface area contributed by atoms with E-state index >= 15 is 0 Å². The van der Waals surface area contributed by atoms with Crippen molar-refractivity contribution >= 4 is 29.1 Å². The standard InChI is InChI=1S/C15H22N2O2S/c1-3-19-15(18)12-5-4-6-13(14(12)16)17-10-7-8-11(9-10)20-2/h4-6,10-11,17H,3,7-9,16H2,1-2H3. The van der Waals surface area contributed by atoms with Crippen molar-refractivity contribution in [3.8, 4) is 0 Å². The molecule has 0 spiro atoms. The van der Waals surface area contributed by atoms with Gasteiger partial charge in [0.25, 0.3) is 0 Å². The lowest BCUT2D eigenvalue weighted by Gasteiger charge is -2.17. The number of esters is 1. The Morgan fingerprint density at radius 2 is 2.30 bits per heavy atom. The number of nitrogen functional groups attached to an aromatic ring is 1. The van der Waals surface area contributed by atoms with Crippen LogP contribution in [0.3, 0.4) is 0 Å². The van der Waals surface area contributed by atoms with Crippen molar-refractivity contribution in [3.05, 3.63) is 23.8 Å². The van der Waals surface area contributed by atoms with Gasteiger partial charge in [0.2, 0.25) is 0 Å². The van der Waals surface area contributed by atoms with Crippen molar-refractivity contribution in [1.82, 2.24) is 0 Å². The summed E-state index contributed by atoms with van der Waals surface area (Å²) < 4.78 is 5.02. The van der Waals surface area contributed by atoms with E-state index in [4.69, 9.17) is 10.5 Å². The molecule has 0 radical (unpaired) electrons. The average Bonchev–Trinajstić information content (AvgIpc) is 2.89. The SMILES string of the molecule is CCOC(=O)c1cccc(NC2CCC(SC)C2)c1N. The Bertz CT molecular complexity index is 479. The van der Waals surface area contributed by atoms with E-state index < -0.39 is 0 Å². The quantitative estimate of drug-likeness (QED) is 0.645. The summed E-state index contributed by atoms with van der Waals surface area (Å²) in [5.74, 6) is -0.359. The van der Waals surface area contributed by atoms with Crippen molar-refractivity contribution in [3.63, 3.8) is 0 Å². The van der Waals surface area contributed by atoms with E-state index in [0.29, 0.717) is 23.9 Å². The normalized spacial score (nSPS) is 21.7. The number of ether oxygens (including phenoxy) is 1. The summed E-state index contributed by atoms with van der Waals surface area (Å²) in [6.07, 6.45) is 5.68. The van der Waals surface area contributed by atoms with Crippen molar-refractivity contribution in [2.24, 2.45) is 0 Å². The zero-order valence-electron chi connectivity index (χ0n) is 12.0. The molecular weight excluding hydrogens is 272 g/mol. The zero-order chi connectivity index (χ0) is 14.5. The van der Waals surface area contributed by atoms with Gasteiger partial charge in [-0.3, -0.25) is 0 Å². The second-order valence-corrected chi connectivity index (χ2v) is 6.14. The number of nitrogens with one attached hydrogen (secondary N) is 1. The van der Waals surface area contributed by atoms with E-state index in [1.807, 2.05) is 23.9 Å². The van der Waals surface area contributed by atoms with Crippen molar-refractivity contribution in [2.75, 3.05) is 23.9 Å². The highest BCUT2D eigenvalue weighted by Crippen LogP contribution is 2.32. The van der Waals surface area contributed by atoms with Gasteiger partial charge in [-0.25, -0.2) is 4.79 Å². The molecule has 110 valence electrons. The second kappa shape index (κ2) is 6.88. The minimum Gasteiger partial charge on any atom is -0.462 e. The van der Waals surface area contributed by atoms with E-state index in [1.165, 1.54) is 6.42 Å². The molecule has 0 saturated heterocycles. The smallest absolute Gasteiger partial charge is 0.340 e. The largest absolute Gasteiger partial charge is 0.462 e. The van der Waals surface area contributed by atoms with Crippen molar-refractivity contribution in [1.29, 1.82) is 0 Å². The number of hydrogen-bond acceptors (Lipinski definition) is 5. The first-order valence-electron chi connectivity index (χ1n) is 7.00. The van der Waals surface area contributed by atoms with Crippen LogP contribution < -0.4 is 11.1 Å². The van der Waals surface area contributed by atoms with Crippen molar-refractivity contribution < 1.29 is 9.53 Å². The van der Waals surface area contributed by atoms with E-state index in [0.717, 1.165) is 23.8 Å². The summed E-state index contributed by atoms with van der Waals surface area (Å²) in [7, 11) is 0. The van der Waals surface area contributed by atoms with Gasteiger partial charge in [-0.15, -0.1) is 0 Å². The van der Waals surface area contributed by atoms with Crippen LogP contribution in [0.5, 0.6) is 0 Å². The third-order valence-electron chi connectivity index (χ3n) is 3.68. The molecule has 0 bridgehead atoms. The summed E-state index contributed by atoms with van der Waals surface area (Å²) in [6.45, 7) is 2.14. The summed E-state index contributed by atoms with van der Waals surface area (Å²) >= 11 is 1.92. The summed E-state index contributed by atoms with van der Waals surface area (Å²) in [5.41, 5.74) is 7.85. The van der Waals surface area contributed by atoms with Crippen LogP contribution in [-0.4, -0.2) is 30.1 Å². The Morgan fingerprint density at radius 1 is 1.50 bits per heavy atom. The van der Waals surface area contributed by atoms with Crippen LogP contribution in [0.1, 0.15) is 36.5 Å². The molecule has 20 heavy (non-hydrogen) atoms. The Morgan fingerprint density at radius 3 is 2.95 bits per heavy atom. The van der Waals surface area contributed by atoms with Crippen LogP contribution >= 0.6 is 11.8 Å². The number of benzene rings is 1. The minimum absolute atomic E-state index is 0.355. The maximum Gasteiger partial charge on any atom is 0.340 e. The van der Waals surface area contributed by atoms with Gasteiger partial charge in [-0.1, -0.05) is 6.07 Å². The van der Waals surface area contributed by atoms with E-state index in [2.05, 4.69) is 11.6 Å². The third kappa shape index (κ3) is 3.39. The molecule has 1 aromatic rings. The third-order valence-corrected chi connectivity index (χ3v) is 4.77. The average molecular weight is 294 g/mol. The first-order valence-corrected chi connectivity index (χ1v) is 8.29. The van der Waals surface area contributed by atoms with Gasteiger partial charge in [0.1, 0.15) is 0 Å². The molecule has 4 nitrogen and oxygen atoms in total. The molecule has 1 aromatic carbocycles. The summed E-state index contributed by atoms with van der Waals surface area (Å²) in [5, 5.41) is 4.19. The van der Waals surface area contributed by atoms with Gasteiger partial charge in [-0.2, -0.15) is 11.8 Å². The zero-order valence-corrected chi connectivity index (χ0v) is 12.8. The van der Waals surface area contributed by atoms with Gasteiger partial charge in [0.05, 0.1) is 23.5 Å². The van der Waals surface area contributed by atoms with Crippen LogP contribution in [0.15, 0.2) is 18.2 Å². The molecule has 0 amide bonds. The fourth-order valence-corrected chi connectivity index (χ4v) is 3.38. The van der Waals surface area contributed by atoms with Crippen molar-refractivity contribution in [2.45, 2.75) is 37.5 Å². The molecule has 1 saturated carbocycles. The maximum atomic E-state index is 11.8. The van der Waals surface area contributed by atoms with Crippen LogP contribution in [-0.2, 0) is 4.74 Å². The molecule has 0 aliphatic heterocycles. The molecule has 0 heterocycles. The number of thioether (sulfide) groups is 1. The molecule has 2 unspecified atom stereocenters. The summed E-state index contributed by atoms with van der Waals surface area (Å²) in [4.78, 5) is 11.8. The number of hydrogen-bond donors (Lipinski definition) is 2. The summed E-state index contributed by atoms with van der Waals surface area (Å²) in [6, 6.07) is 5.90. The molecule has 5 heteroatoms. The van der Waals surface area contributed by atoms with Crippen LogP contribution in [0.4, 0.5) is 11.4 Å². The number of para-hydroxylation sites is 1. The van der Waals surface area contributed by atoms with Gasteiger partial charge < -0.3 is 15.8 Å². The Labute approximate surface area is 124 Å². The van der Waals surface area contributed by atoms with E-state index in [1.54, 1.807) is 13.0 Å². The van der Waals surface area contributed by atoms with Crippen LogP contribution in [0.25, 0.3) is 0 Å². The molecule has 3 N–H and O–H groups in total. The topological polar surface area (TPSA) is 64.3 Å². The van der Waals surface area contributed by atoms with Crippen LogP contribution in [0, 0.1) is 0 Å². The highest BCUT2D eigenvalue weighted by atomic mass is 32.2. The number of nitrogens with two attached hydrogens (primary N) is 1. The molecule has 1 aliphatic carbocycles. The molecule has 1 aliphatic rings. The van der Waals surface area contributed by atoms with E-state index in [9.17, 15) is 4.79 Å². The maximum absolute atomic E-state index is 11.8. The van der Waals surface area contributed by atoms with Gasteiger partial charge in [0, 0.05) is 11.3 Å². The Hall–Kier alpha value is -1.36.